The molecule has 2 N–H and O–H groups in total. The summed E-state index contributed by atoms with van der Waals surface area (Å²) in [6, 6.07) is -0.519. The second kappa shape index (κ2) is 6.23. The number of amides is 2. The largest absolute Gasteiger partial charge is 0.481 e. The molecule has 7 nitrogen and oxygen atoms in total. The number of carboxylic acid groups (broad SMARTS) is 1. The van der Waals surface area contributed by atoms with E-state index in [-0.39, 0.29) is 18.6 Å². The van der Waals surface area contributed by atoms with Crippen LogP contribution in [0.4, 0.5) is 4.79 Å². The van der Waals surface area contributed by atoms with Gasteiger partial charge in [-0.25, -0.2) is 4.79 Å². The number of hydrogen-bond acceptors (Lipinski definition) is 4. The average molecular weight is 258 g/mol. The molecule has 1 fully saturated rings. The third kappa shape index (κ3) is 3.61. The molecule has 1 heterocycles. The van der Waals surface area contributed by atoms with E-state index in [0.29, 0.717) is 19.4 Å². The highest BCUT2D eigenvalue weighted by Crippen LogP contribution is 2.22. The van der Waals surface area contributed by atoms with Crippen LogP contribution in [-0.4, -0.2) is 54.2 Å². The fraction of sp³-hybridized carbons (Fsp3) is 0.727. The number of piperidine rings is 1. The molecule has 0 aliphatic carbocycles. The van der Waals surface area contributed by atoms with Gasteiger partial charge in [0, 0.05) is 12.6 Å². The van der Waals surface area contributed by atoms with E-state index in [9.17, 15) is 14.4 Å². The molecule has 2 atom stereocenters. The highest BCUT2D eigenvalue weighted by molar-refractivity contribution is 5.81. The first-order valence-corrected chi connectivity index (χ1v) is 5.79. The molecular weight excluding hydrogens is 240 g/mol. The van der Waals surface area contributed by atoms with Crippen LogP contribution in [0, 0.1) is 5.92 Å². The van der Waals surface area contributed by atoms with Crippen molar-refractivity contribution in [1.82, 2.24) is 10.2 Å². The highest BCUT2D eigenvalue weighted by atomic mass is 16.5. The molecular formula is C11H18N2O5. The lowest BCUT2D eigenvalue weighted by molar-refractivity contribution is -0.143. The van der Waals surface area contributed by atoms with E-state index < -0.39 is 17.9 Å². The summed E-state index contributed by atoms with van der Waals surface area (Å²) in [5, 5.41) is 11.4. The third-order valence-corrected chi connectivity index (χ3v) is 3.10. The van der Waals surface area contributed by atoms with Crippen molar-refractivity contribution in [2.75, 3.05) is 20.2 Å². The van der Waals surface area contributed by atoms with Crippen molar-refractivity contribution in [3.05, 3.63) is 0 Å². The van der Waals surface area contributed by atoms with Crippen molar-refractivity contribution in [1.29, 1.82) is 0 Å². The standard InChI is InChI=1S/C11H18N2O5/c1-7-5-8(10(15)16)3-4-13(7)11(17)12-6-9(14)18-2/h7-8H,3-6H2,1-2H3,(H,12,17)(H,15,16). The van der Waals surface area contributed by atoms with Crippen LogP contribution < -0.4 is 5.32 Å². The molecule has 0 aromatic heterocycles. The molecule has 0 saturated carbocycles. The molecule has 18 heavy (non-hydrogen) atoms. The molecule has 1 aliphatic heterocycles. The Labute approximate surface area is 105 Å². The Morgan fingerprint density at radius 1 is 1.44 bits per heavy atom. The summed E-state index contributed by atoms with van der Waals surface area (Å²) in [5.41, 5.74) is 0. The predicted molar refractivity (Wildman–Crippen MR) is 61.9 cm³/mol. The number of likely N-dealkylation sites (tertiary alicyclic amines) is 1. The quantitative estimate of drug-likeness (QED) is 0.697. The Balaban J connectivity index is 2.45. The monoisotopic (exact) mass is 258 g/mol. The summed E-state index contributed by atoms with van der Waals surface area (Å²) in [4.78, 5) is 35.0. The third-order valence-electron chi connectivity index (χ3n) is 3.10. The molecule has 0 bridgehead atoms. The van der Waals surface area contributed by atoms with Crippen LogP contribution in [0.1, 0.15) is 19.8 Å². The number of hydrogen-bond donors (Lipinski definition) is 2. The van der Waals surface area contributed by atoms with Gasteiger partial charge in [0.2, 0.25) is 0 Å². The number of carbonyl (C=O) groups excluding carboxylic acids is 2. The number of ether oxygens (including phenoxy) is 1. The zero-order valence-corrected chi connectivity index (χ0v) is 10.5. The van der Waals surface area contributed by atoms with Crippen LogP contribution >= 0.6 is 0 Å². The zero-order chi connectivity index (χ0) is 13.7. The molecule has 7 heteroatoms. The normalized spacial score (nSPS) is 23.3. The number of aliphatic carboxylic acids is 1. The van der Waals surface area contributed by atoms with Gasteiger partial charge in [0.15, 0.2) is 0 Å². The number of urea groups is 1. The fourth-order valence-electron chi connectivity index (χ4n) is 2.02. The van der Waals surface area contributed by atoms with Crippen LogP contribution in [0.3, 0.4) is 0 Å². The van der Waals surface area contributed by atoms with E-state index in [4.69, 9.17) is 5.11 Å². The highest BCUT2D eigenvalue weighted by Gasteiger charge is 2.32. The maximum absolute atomic E-state index is 11.8. The van der Waals surface area contributed by atoms with Crippen LogP contribution in [0.25, 0.3) is 0 Å². The van der Waals surface area contributed by atoms with Crippen molar-refractivity contribution in [2.45, 2.75) is 25.8 Å². The zero-order valence-electron chi connectivity index (χ0n) is 10.5. The Bertz CT molecular complexity index is 344. The van der Waals surface area contributed by atoms with Gasteiger partial charge >= 0.3 is 18.0 Å². The van der Waals surface area contributed by atoms with Gasteiger partial charge < -0.3 is 20.1 Å². The number of esters is 1. The first-order valence-electron chi connectivity index (χ1n) is 5.79. The maximum atomic E-state index is 11.8. The summed E-state index contributed by atoms with van der Waals surface area (Å²) in [6.45, 7) is 2.00. The van der Waals surface area contributed by atoms with Crippen molar-refractivity contribution in [3.63, 3.8) is 0 Å². The molecule has 0 radical (unpaired) electrons. The minimum atomic E-state index is -0.823. The van der Waals surface area contributed by atoms with Crippen molar-refractivity contribution in [3.8, 4) is 0 Å². The minimum Gasteiger partial charge on any atom is -0.481 e. The Morgan fingerprint density at radius 3 is 2.61 bits per heavy atom. The topological polar surface area (TPSA) is 95.9 Å². The molecule has 0 spiro atoms. The van der Waals surface area contributed by atoms with Crippen molar-refractivity contribution >= 4 is 18.0 Å². The molecule has 102 valence electrons. The first-order chi connectivity index (χ1) is 8.45. The minimum absolute atomic E-state index is 0.155. The molecule has 2 amide bonds. The summed E-state index contributed by atoms with van der Waals surface area (Å²) < 4.78 is 4.41. The molecule has 2 unspecified atom stereocenters. The number of methoxy groups -OCH3 is 1. The summed E-state index contributed by atoms with van der Waals surface area (Å²) >= 11 is 0. The number of rotatable bonds is 3. The second-order valence-electron chi connectivity index (χ2n) is 4.34. The van der Waals surface area contributed by atoms with E-state index in [2.05, 4.69) is 10.1 Å². The van der Waals surface area contributed by atoms with E-state index in [1.165, 1.54) is 7.11 Å². The lowest BCUT2D eigenvalue weighted by Gasteiger charge is -2.36. The van der Waals surface area contributed by atoms with Gasteiger partial charge in [0.1, 0.15) is 6.54 Å². The number of nitrogens with one attached hydrogen (secondary N) is 1. The maximum Gasteiger partial charge on any atom is 0.325 e. The molecule has 0 aromatic rings. The smallest absolute Gasteiger partial charge is 0.325 e. The van der Waals surface area contributed by atoms with Gasteiger partial charge in [0.25, 0.3) is 0 Å². The number of nitrogens with zero attached hydrogens (tertiary/aromatic N) is 1. The van der Waals surface area contributed by atoms with Crippen molar-refractivity contribution < 1.29 is 24.2 Å². The van der Waals surface area contributed by atoms with Gasteiger partial charge in [-0.2, -0.15) is 0 Å². The lowest BCUT2D eigenvalue weighted by Crippen LogP contribution is -2.51. The molecule has 1 rings (SSSR count). The molecule has 1 aliphatic rings. The van der Waals surface area contributed by atoms with Crippen LogP contribution in [0.15, 0.2) is 0 Å². The summed E-state index contributed by atoms with van der Waals surface area (Å²) in [5.74, 6) is -1.74. The Hall–Kier alpha value is -1.79. The van der Waals surface area contributed by atoms with E-state index in [0.717, 1.165) is 0 Å². The van der Waals surface area contributed by atoms with Crippen molar-refractivity contribution in [2.24, 2.45) is 5.92 Å². The summed E-state index contributed by atoms with van der Waals surface area (Å²) in [6.07, 6.45) is 0.867. The first kappa shape index (κ1) is 14.3. The van der Waals surface area contributed by atoms with Crippen LogP contribution in [-0.2, 0) is 14.3 Å². The van der Waals surface area contributed by atoms with E-state index in [1.807, 2.05) is 0 Å². The van der Waals surface area contributed by atoms with Gasteiger partial charge in [-0.1, -0.05) is 0 Å². The molecule has 1 saturated heterocycles. The van der Waals surface area contributed by atoms with Gasteiger partial charge in [-0.15, -0.1) is 0 Å². The number of carbonyl (C=O) groups is 3. The van der Waals surface area contributed by atoms with Gasteiger partial charge in [0.05, 0.1) is 13.0 Å². The van der Waals surface area contributed by atoms with Gasteiger partial charge in [-0.05, 0) is 19.8 Å². The average Bonchev–Trinajstić information content (AvgIpc) is 2.35. The van der Waals surface area contributed by atoms with Crippen LogP contribution in [0.5, 0.6) is 0 Å². The second-order valence-corrected chi connectivity index (χ2v) is 4.34. The van der Waals surface area contributed by atoms with Crippen LogP contribution in [0.2, 0.25) is 0 Å². The Morgan fingerprint density at radius 2 is 2.11 bits per heavy atom. The fourth-order valence-corrected chi connectivity index (χ4v) is 2.02. The van der Waals surface area contributed by atoms with E-state index in [1.54, 1.807) is 11.8 Å². The lowest BCUT2D eigenvalue weighted by atomic mass is 9.92. The SMILES string of the molecule is COC(=O)CNC(=O)N1CCC(C(=O)O)CC1C. The predicted octanol–water partition coefficient (Wildman–Crippen LogP) is 0.0541. The molecule has 0 aromatic carbocycles. The number of carboxylic acids is 1. The van der Waals surface area contributed by atoms with E-state index >= 15 is 0 Å². The Kier molecular flexibility index (Phi) is 4.94. The summed E-state index contributed by atoms with van der Waals surface area (Å²) in [7, 11) is 1.25. The van der Waals surface area contributed by atoms with Gasteiger partial charge in [-0.3, -0.25) is 9.59 Å².